The number of hydrogen-bond donors (Lipinski definition) is 2. The Balaban J connectivity index is 2.93. The molecule has 0 saturated carbocycles. The minimum Gasteiger partial charge on any atom is -0.395 e. The number of halogens is 1. The topological polar surface area (TPSA) is 49.3 Å². The number of amides is 1. The minimum absolute atomic E-state index is 0.0583. The van der Waals surface area contributed by atoms with E-state index in [2.05, 4.69) is 17.2 Å². The number of hydrogen-bond acceptors (Lipinski definition) is 2. The second-order valence-electron chi connectivity index (χ2n) is 4.57. The highest BCUT2D eigenvalue weighted by Gasteiger charge is 2.11. The van der Waals surface area contributed by atoms with Gasteiger partial charge in [0.1, 0.15) is 5.82 Å². The van der Waals surface area contributed by atoms with Gasteiger partial charge in [-0.25, -0.2) is 4.39 Å². The average Bonchev–Trinajstić information content (AvgIpc) is 2.36. The molecule has 102 valence electrons. The summed E-state index contributed by atoms with van der Waals surface area (Å²) in [5.74, 6) is 5.05. The van der Waals surface area contributed by atoms with Crippen LogP contribution in [0.25, 0.3) is 0 Å². The van der Waals surface area contributed by atoms with Crippen molar-refractivity contribution in [2.75, 3.05) is 13.2 Å². The normalized spacial score (nSPS) is 9.95. The summed E-state index contributed by atoms with van der Waals surface area (Å²) in [6.07, 6.45) is 0.295. The summed E-state index contributed by atoms with van der Waals surface area (Å²) in [6.45, 7) is 4.48. The molecule has 0 fully saturated rings. The highest BCUT2D eigenvalue weighted by molar-refractivity contribution is 5.96. The predicted octanol–water partition coefficient (Wildman–Crippen LogP) is 1.95. The van der Waals surface area contributed by atoms with Crippen molar-refractivity contribution in [3.8, 4) is 11.8 Å². The maximum Gasteiger partial charge on any atom is 0.252 e. The lowest BCUT2D eigenvalue weighted by Crippen LogP contribution is -2.28. The van der Waals surface area contributed by atoms with Gasteiger partial charge in [-0.2, -0.15) is 0 Å². The molecule has 3 nitrogen and oxygen atoms in total. The summed E-state index contributed by atoms with van der Waals surface area (Å²) in [7, 11) is 0. The van der Waals surface area contributed by atoms with Crippen LogP contribution in [0.1, 0.15) is 36.2 Å². The van der Waals surface area contributed by atoms with Crippen molar-refractivity contribution in [2.45, 2.75) is 20.3 Å². The van der Waals surface area contributed by atoms with Crippen molar-refractivity contribution in [2.24, 2.45) is 5.92 Å². The van der Waals surface area contributed by atoms with E-state index in [4.69, 9.17) is 5.11 Å². The maximum atomic E-state index is 13.2. The molecule has 0 atom stereocenters. The van der Waals surface area contributed by atoms with Crippen LogP contribution < -0.4 is 5.32 Å². The third-order valence-electron chi connectivity index (χ3n) is 2.36. The summed E-state index contributed by atoms with van der Waals surface area (Å²) in [6, 6.07) is 3.89. The molecule has 0 unspecified atom stereocenters. The Kier molecular flexibility index (Phi) is 6.04. The Morgan fingerprint density at radius 2 is 2.21 bits per heavy atom. The summed E-state index contributed by atoms with van der Waals surface area (Å²) < 4.78 is 13.2. The third-order valence-corrected chi connectivity index (χ3v) is 2.36. The molecule has 19 heavy (non-hydrogen) atoms. The molecule has 0 aliphatic heterocycles. The van der Waals surface area contributed by atoms with E-state index < -0.39 is 5.82 Å². The lowest BCUT2D eigenvalue weighted by Gasteiger charge is -2.09. The standard InChI is InChI=1S/C15H18FNO2/c1-11(2)10-17-15(19)14-7-6-13(16)9-12(14)5-3-4-8-18/h6-7,9,11,18H,4,8,10H2,1-2H3,(H,17,19). The highest BCUT2D eigenvalue weighted by atomic mass is 19.1. The molecule has 0 radical (unpaired) electrons. The Bertz CT molecular complexity index is 501. The first-order chi connectivity index (χ1) is 9.04. The molecule has 4 heteroatoms. The van der Waals surface area contributed by atoms with E-state index in [0.29, 0.717) is 30.0 Å². The van der Waals surface area contributed by atoms with Crippen molar-refractivity contribution >= 4 is 5.91 Å². The molecular weight excluding hydrogens is 245 g/mol. The van der Waals surface area contributed by atoms with E-state index in [1.807, 2.05) is 13.8 Å². The van der Waals surface area contributed by atoms with Gasteiger partial charge in [0.05, 0.1) is 12.2 Å². The molecule has 0 bridgehead atoms. The van der Waals surface area contributed by atoms with Gasteiger partial charge in [-0.15, -0.1) is 0 Å². The highest BCUT2D eigenvalue weighted by Crippen LogP contribution is 2.10. The monoisotopic (exact) mass is 263 g/mol. The van der Waals surface area contributed by atoms with Crippen LogP contribution in [0.4, 0.5) is 4.39 Å². The van der Waals surface area contributed by atoms with Crippen molar-refractivity contribution < 1.29 is 14.3 Å². The van der Waals surface area contributed by atoms with E-state index in [1.54, 1.807) is 0 Å². The largest absolute Gasteiger partial charge is 0.395 e. The molecule has 0 spiro atoms. The van der Waals surface area contributed by atoms with Gasteiger partial charge in [0.25, 0.3) is 5.91 Å². The summed E-state index contributed by atoms with van der Waals surface area (Å²) in [4.78, 5) is 12.0. The Morgan fingerprint density at radius 1 is 1.47 bits per heavy atom. The van der Waals surface area contributed by atoms with E-state index >= 15 is 0 Å². The summed E-state index contributed by atoms with van der Waals surface area (Å²) in [5, 5.41) is 11.4. The second kappa shape index (κ2) is 7.55. The van der Waals surface area contributed by atoms with Crippen LogP contribution in [-0.4, -0.2) is 24.2 Å². The lowest BCUT2D eigenvalue weighted by molar-refractivity contribution is 0.0948. The fraction of sp³-hybridized carbons (Fsp3) is 0.400. The van der Waals surface area contributed by atoms with Crippen molar-refractivity contribution in [1.82, 2.24) is 5.32 Å². The van der Waals surface area contributed by atoms with E-state index in [1.165, 1.54) is 18.2 Å². The molecule has 0 saturated heterocycles. The molecule has 0 aliphatic rings. The molecule has 0 heterocycles. The van der Waals surface area contributed by atoms with E-state index in [9.17, 15) is 9.18 Å². The van der Waals surface area contributed by atoms with Crippen molar-refractivity contribution in [3.63, 3.8) is 0 Å². The van der Waals surface area contributed by atoms with Crippen LogP contribution in [-0.2, 0) is 0 Å². The van der Waals surface area contributed by atoms with Gasteiger partial charge in [-0.05, 0) is 24.1 Å². The summed E-state index contributed by atoms with van der Waals surface area (Å²) >= 11 is 0. The van der Waals surface area contributed by atoms with Crippen molar-refractivity contribution in [3.05, 3.63) is 35.1 Å². The lowest BCUT2D eigenvalue weighted by atomic mass is 10.1. The zero-order valence-electron chi connectivity index (χ0n) is 11.2. The Labute approximate surface area is 112 Å². The number of carbonyl (C=O) groups excluding carboxylic acids is 1. The Hall–Kier alpha value is -1.86. The molecule has 0 aromatic heterocycles. The SMILES string of the molecule is CC(C)CNC(=O)c1ccc(F)cc1C#CCCO. The number of carbonyl (C=O) groups is 1. The van der Waals surface area contributed by atoms with Crippen LogP contribution >= 0.6 is 0 Å². The van der Waals surface area contributed by atoms with Crippen LogP contribution in [0, 0.1) is 23.6 Å². The number of rotatable bonds is 4. The van der Waals surface area contributed by atoms with Gasteiger partial charge in [-0.3, -0.25) is 4.79 Å². The number of nitrogens with one attached hydrogen (secondary N) is 1. The van der Waals surface area contributed by atoms with Gasteiger partial charge in [0.15, 0.2) is 0 Å². The van der Waals surface area contributed by atoms with Gasteiger partial charge in [0.2, 0.25) is 0 Å². The van der Waals surface area contributed by atoms with Gasteiger partial charge in [-0.1, -0.05) is 25.7 Å². The summed E-state index contributed by atoms with van der Waals surface area (Å²) in [5.41, 5.74) is 0.696. The van der Waals surface area contributed by atoms with Crippen molar-refractivity contribution in [1.29, 1.82) is 0 Å². The van der Waals surface area contributed by atoms with Crippen LogP contribution in [0.3, 0.4) is 0 Å². The fourth-order valence-corrected chi connectivity index (χ4v) is 1.42. The minimum atomic E-state index is -0.436. The van der Waals surface area contributed by atoms with Gasteiger partial charge in [0, 0.05) is 18.5 Å². The van der Waals surface area contributed by atoms with Crippen LogP contribution in [0.5, 0.6) is 0 Å². The Morgan fingerprint density at radius 3 is 2.84 bits per heavy atom. The number of aliphatic hydroxyl groups excluding tert-OH is 1. The molecule has 1 aromatic rings. The smallest absolute Gasteiger partial charge is 0.252 e. The maximum absolute atomic E-state index is 13.2. The third kappa shape index (κ3) is 5.11. The first-order valence-corrected chi connectivity index (χ1v) is 6.22. The molecular formula is C15H18FNO2. The first-order valence-electron chi connectivity index (χ1n) is 6.22. The predicted molar refractivity (Wildman–Crippen MR) is 72.2 cm³/mol. The quantitative estimate of drug-likeness (QED) is 0.816. The van der Waals surface area contributed by atoms with Crippen LogP contribution in [0.2, 0.25) is 0 Å². The van der Waals surface area contributed by atoms with E-state index in [-0.39, 0.29) is 12.5 Å². The first kappa shape index (κ1) is 15.2. The molecule has 1 amide bonds. The van der Waals surface area contributed by atoms with Gasteiger partial charge >= 0.3 is 0 Å². The molecule has 0 aliphatic carbocycles. The molecule has 1 rings (SSSR count). The number of aliphatic hydroxyl groups is 1. The average molecular weight is 263 g/mol. The van der Waals surface area contributed by atoms with Gasteiger partial charge < -0.3 is 10.4 Å². The fourth-order valence-electron chi connectivity index (χ4n) is 1.42. The van der Waals surface area contributed by atoms with E-state index in [0.717, 1.165) is 0 Å². The number of benzene rings is 1. The second-order valence-corrected chi connectivity index (χ2v) is 4.57. The molecule has 2 N–H and O–H groups in total. The zero-order valence-corrected chi connectivity index (χ0v) is 11.2. The zero-order chi connectivity index (χ0) is 14.3. The van der Waals surface area contributed by atoms with Crippen LogP contribution in [0.15, 0.2) is 18.2 Å². The molecule has 1 aromatic carbocycles.